The summed E-state index contributed by atoms with van der Waals surface area (Å²) in [6.07, 6.45) is 9.99. The molecule has 0 aliphatic carbocycles. The number of halogens is 2. The highest BCUT2D eigenvalue weighted by molar-refractivity contribution is 5.99. The molecule has 48 heavy (non-hydrogen) atoms. The second kappa shape index (κ2) is 27.7. The Morgan fingerprint density at radius 1 is 0.521 bits per heavy atom. The van der Waals surface area contributed by atoms with Gasteiger partial charge in [-0.2, -0.15) is 0 Å². The van der Waals surface area contributed by atoms with Gasteiger partial charge in [-0.1, -0.05) is 54.4 Å². The number of benzene rings is 2. The molecule has 2 aromatic rings. The molecular formula is C40H66Cl2N2O4. The van der Waals surface area contributed by atoms with Gasteiger partial charge in [0.05, 0.1) is 64.3 Å². The van der Waals surface area contributed by atoms with Crippen LogP contribution in [0.25, 0.3) is 0 Å². The fraction of sp³-hybridized carbons (Fsp3) is 0.650. The number of ketones is 2. The summed E-state index contributed by atoms with van der Waals surface area (Å²) < 4.78 is 11.7. The molecule has 0 saturated heterocycles. The van der Waals surface area contributed by atoms with E-state index in [0.717, 1.165) is 113 Å². The number of carbonyl (C=O) groups excluding carboxylic acids is 2. The molecule has 0 spiro atoms. The van der Waals surface area contributed by atoms with Crippen molar-refractivity contribution in [1.29, 1.82) is 0 Å². The molecule has 0 bridgehead atoms. The summed E-state index contributed by atoms with van der Waals surface area (Å²) in [7, 11) is 0. The topological polar surface area (TPSA) is 61.5 Å². The molecule has 2 rings (SSSR count). The van der Waals surface area contributed by atoms with Crippen LogP contribution in [0.15, 0.2) is 48.5 Å². The van der Waals surface area contributed by atoms with Crippen LogP contribution in [0.1, 0.15) is 126 Å². The lowest BCUT2D eigenvalue weighted by atomic mass is 9.85. The molecule has 0 aliphatic heterocycles. The second-order valence-corrected chi connectivity index (χ2v) is 13.1. The summed E-state index contributed by atoms with van der Waals surface area (Å²) >= 11 is 0. The molecule has 2 N–H and O–H groups in total. The third-order valence-electron chi connectivity index (χ3n) is 8.90. The SMILES string of the molecule is CCCCOc1ccc(C(=O)C(CCC(C[NH+](CCC)CCC)C(=O)c2ccc(OCCCC)cc2)C[NH+](CCC)CCC)cc1.[Cl-].[Cl-]. The van der Waals surface area contributed by atoms with Crippen molar-refractivity contribution < 1.29 is 53.7 Å². The van der Waals surface area contributed by atoms with Crippen LogP contribution in [-0.4, -0.2) is 64.0 Å². The molecular weight excluding hydrogens is 643 g/mol. The monoisotopic (exact) mass is 708 g/mol. The van der Waals surface area contributed by atoms with Crippen molar-refractivity contribution in [3.63, 3.8) is 0 Å². The van der Waals surface area contributed by atoms with Crippen molar-refractivity contribution in [2.75, 3.05) is 52.5 Å². The third-order valence-corrected chi connectivity index (χ3v) is 8.90. The van der Waals surface area contributed by atoms with Crippen LogP contribution >= 0.6 is 0 Å². The average Bonchev–Trinajstić information content (AvgIpc) is 3.06. The quantitative estimate of drug-likeness (QED) is 0.105. The van der Waals surface area contributed by atoms with E-state index in [9.17, 15) is 9.59 Å². The largest absolute Gasteiger partial charge is 1.00 e. The second-order valence-electron chi connectivity index (χ2n) is 13.1. The number of nitrogens with one attached hydrogen (secondary N) is 2. The van der Waals surface area contributed by atoms with E-state index in [1.165, 1.54) is 9.80 Å². The van der Waals surface area contributed by atoms with Gasteiger partial charge in [-0.25, -0.2) is 0 Å². The molecule has 2 atom stereocenters. The van der Waals surface area contributed by atoms with Crippen LogP contribution in [0.3, 0.4) is 0 Å². The van der Waals surface area contributed by atoms with E-state index < -0.39 is 0 Å². The Morgan fingerprint density at radius 3 is 1.10 bits per heavy atom. The number of rotatable bonds is 27. The molecule has 0 fully saturated rings. The highest BCUT2D eigenvalue weighted by Crippen LogP contribution is 2.23. The maximum absolute atomic E-state index is 14.1. The Morgan fingerprint density at radius 2 is 0.833 bits per heavy atom. The molecule has 0 heterocycles. The minimum atomic E-state index is -0.134. The zero-order chi connectivity index (χ0) is 33.6. The van der Waals surface area contributed by atoms with Crippen LogP contribution < -0.4 is 44.1 Å². The van der Waals surface area contributed by atoms with Crippen LogP contribution in [0, 0.1) is 11.8 Å². The van der Waals surface area contributed by atoms with Crippen LogP contribution in [0.2, 0.25) is 0 Å². The van der Waals surface area contributed by atoms with Crippen molar-refractivity contribution in [2.45, 2.75) is 106 Å². The fourth-order valence-corrected chi connectivity index (χ4v) is 6.39. The first kappa shape index (κ1) is 45.9. The summed E-state index contributed by atoms with van der Waals surface area (Å²) in [5.74, 6) is 1.74. The van der Waals surface area contributed by atoms with Gasteiger partial charge in [-0.05, 0) is 99.9 Å². The summed E-state index contributed by atoms with van der Waals surface area (Å²) in [6.45, 7) is 20.4. The van der Waals surface area contributed by atoms with E-state index in [1.54, 1.807) is 0 Å². The maximum Gasteiger partial charge on any atom is 0.171 e. The van der Waals surface area contributed by atoms with Gasteiger partial charge in [0.25, 0.3) is 0 Å². The molecule has 8 heteroatoms. The predicted octanol–water partition coefficient (Wildman–Crippen LogP) is 0.540. The molecule has 2 unspecified atom stereocenters. The number of hydrogen-bond acceptors (Lipinski definition) is 4. The molecule has 274 valence electrons. The molecule has 0 aromatic heterocycles. The van der Waals surface area contributed by atoms with Crippen molar-refractivity contribution in [2.24, 2.45) is 11.8 Å². The van der Waals surface area contributed by atoms with Crippen molar-refractivity contribution in [3.05, 3.63) is 59.7 Å². The van der Waals surface area contributed by atoms with E-state index in [4.69, 9.17) is 9.47 Å². The maximum atomic E-state index is 14.1. The van der Waals surface area contributed by atoms with Crippen molar-refractivity contribution >= 4 is 11.6 Å². The molecule has 0 aliphatic rings. The smallest absolute Gasteiger partial charge is 0.171 e. The predicted molar refractivity (Wildman–Crippen MR) is 191 cm³/mol. The van der Waals surface area contributed by atoms with Crippen LogP contribution in [0.4, 0.5) is 0 Å². The van der Waals surface area contributed by atoms with Gasteiger partial charge < -0.3 is 44.1 Å². The van der Waals surface area contributed by atoms with Gasteiger partial charge >= 0.3 is 0 Å². The van der Waals surface area contributed by atoms with E-state index >= 15 is 0 Å². The van der Waals surface area contributed by atoms with Crippen LogP contribution in [0.5, 0.6) is 11.5 Å². The summed E-state index contributed by atoms with van der Waals surface area (Å²) in [5.41, 5.74) is 1.48. The van der Waals surface area contributed by atoms with Crippen molar-refractivity contribution in [1.82, 2.24) is 0 Å². The number of ether oxygens (including phenoxy) is 2. The van der Waals surface area contributed by atoms with E-state index in [0.29, 0.717) is 26.1 Å². The molecule has 0 amide bonds. The summed E-state index contributed by atoms with van der Waals surface area (Å²) in [4.78, 5) is 31.2. The highest BCUT2D eigenvalue weighted by Gasteiger charge is 2.30. The minimum Gasteiger partial charge on any atom is -1.00 e. The van der Waals surface area contributed by atoms with Gasteiger partial charge in [-0.3, -0.25) is 9.59 Å². The van der Waals surface area contributed by atoms with Gasteiger partial charge in [0.2, 0.25) is 0 Å². The first-order chi connectivity index (χ1) is 22.4. The van der Waals surface area contributed by atoms with E-state index in [2.05, 4.69) is 41.5 Å². The Balaban J connectivity index is 0.0000110. The van der Waals surface area contributed by atoms with E-state index in [-0.39, 0.29) is 48.2 Å². The molecule has 2 aromatic carbocycles. The third kappa shape index (κ3) is 17.0. The zero-order valence-electron chi connectivity index (χ0n) is 30.9. The first-order valence-corrected chi connectivity index (χ1v) is 18.6. The molecule has 0 radical (unpaired) electrons. The number of hydrogen-bond donors (Lipinski definition) is 2. The summed E-state index contributed by atoms with van der Waals surface area (Å²) in [6, 6.07) is 15.4. The van der Waals surface area contributed by atoms with Crippen LogP contribution in [-0.2, 0) is 0 Å². The molecule has 6 nitrogen and oxygen atoms in total. The molecule has 0 saturated carbocycles. The Kier molecular flexibility index (Phi) is 26.5. The Hall–Kier alpha value is -2.12. The lowest BCUT2D eigenvalue weighted by molar-refractivity contribution is -0.903. The van der Waals surface area contributed by atoms with Gasteiger partial charge in [0.1, 0.15) is 11.5 Å². The number of Topliss-reactive ketones (excluding diaryl/α,β-unsaturated/α-hetero) is 2. The Bertz CT molecular complexity index is 998. The van der Waals surface area contributed by atoms with Gasteiger partial charge in [0.15, 0.2) is 11.6 Å². The standard InChI is InChI=1S/C40H64N2O4.2ClH/c1-7-13-29-45-37-21-17-33(18-22-37)39(43)35(31-41(25-9-3)26-10-4)15-16-36(32-42(27-11-5)28-12-6)40(44)34-19-23-38(24-20-34)46-30-14-8-2;;/h17-24,35-36H,7-16,25-32H2,1-6H3;2*1H. The normalized spacial score (nSPS) is 12.2. The lowest BCUT2D eigenvalue weighted by Crippen LogP contribution is -3.13. The number of quaternary nitrogens is 2. The average molecular weight is 710 g/mol. The highest BCUT2D eigenvalue weighted by atomic mass is 35.5. The lowest BCUT2D eigenvalue weighted by Gasteiger charge is -2.27. The van der Waals surface area contributed by atoms with Gasteiger partial charge in [0, 0.05) is 11.1 Å². The zero-order valence-corrected chi connectivity index (χ0v) is 32.4. The van der Waals surface area contributed by atoms with E-state index in [1.807, 2.05) is 48.5 Å². The number of unbranched alkanes of at least 4 members (excludes halogenated alkanes) is 2. The number of carbonyl (C=O) groups is 2. The van der Waals surface area contributed by atoms with Gasteiger partial charge in [-0.15, -0.1) is 0 Å². The summed E-state index contributed by atoms with van der Waals surface area (Å²) in [5, 5.41) is 0. The fourth-order valence-electron chi connectivity index (χ4n) is 6.39. The first-order valence-electron chi connectivity index (χ1n) is 18.6. The van der Waals surface area contributed by atoms with Crippen molar-refractivity contribution in [3.8, 4) is 11.5 Å². The minimum absolute atomic E-state index is 0. The Labute approximate surface area is 305 Å².